The molecule has 0 atom stereocenters. The summed E-state index contributed by atoms with van der Waals surface area (Å²) in [6.07, 6.45) is 0. The second-order valence-electron chi connectivity index (χ2n) is 4.78. The molecule has 0 aliphatic carbocycles. The number of benzene rings is 2. The Hall–Kier alpha value is -1.82. The number of nitrogens with zero attached hydrogens (tertiary/aromatic N) is 2. The van der Waals surface area contributed by atoms with Gasteiger partial charge in [0.25, 0.3) is 0 Å². The molecule has 0 spiro atoms. The first-order valence-electron chi connectivity index (χ1n) is 6.51. The molecule has 1 aromatic heterocycles. The van der Waals surface area contributed by atoms with Crippen LogP contribution in [0.15, 0.2) is 36.4 Å². The van der Waals surface area contributed by atoms with Crippen molar-refractivity contribution in [2.24, 2.45) is 0 Å². The molecule has 0 aliphatic rings. The van der Waals surface area contributed by atoms with Crippen LogP contribution in [0.2, 0.25) is 15.3 Å². The summed E-state index contributed by atoms with van der Waals surface area (Å²) < 4.78 is 40.1. The Kier molecular flexibility index (Phi) is 4.67. The molecule has 2 nitrogen and oxygen atoms in total. The van der Waals surface area contributed by atoms with E-state index in [1.165, 1.54) is 18.2 Å². The zero-order valence-electron chi connectivity index (χ0n) is 11.6. The first-order chi connectivity index (χ1) is 11.4. The Balaban J connectivity index is 2.34. The topological polar surface area (TPSA) is 25.8 Å². The van der Waals surface area contributed by atoms with Gasteiger partial charge in [-0.15, -0.1) is 10.2 Å². The SMILES string of the molecule is Fc1ccc(-c2c(Cl)nnc(Cl)c2-c2ccc(F)c(F)c2)c(Cl)c1. The first-order valence-corrected chi connectivity index (χ1v) is 7.64. The van der Waals surface area contributed by atoms with Gasteiger partial charge in [-0.2, -0.15) is 0 Å². The van der Waals surface area contributed by atoms with Gasteiger partial charge < -0.3 is 0 Å². The fraction of sp³-hybridized carbons (Fsp3) is 0. The van der Waals surface area contributed by atoms with E-state index in [1.807, 2.05) is 0 Å². The molecule has 0 amide bonds. The maximum atomic E-state index is 13.6. The average Bonchev–Trinajstić information content (AvgIpc) is 2.53. The van der Waals surface area contributed by atoms with E-state index in [-0.39, 0.29) is 32.0 Å². The minimum Gasteiger partial charge on any atom is -0.207 e. The van der Waals surface area contributed by atoms with Crippen molar-refractivity contribution >= 4 is 34.8 Å². The monoisotopic (exact) mass is 388 g/mol. The van der Waals surface area contributed by atoms with Crippen molar-refractivity contribution in [3.63, 3.8) is 0 Å². The Bertz CT molecular complexity index is 948. The van der Waals surface area contributed by atoms with Crippen LogP contribution >= 0.6 is 34.8 Å². The summed E-state index contributed by atoms with van der Waals surface area (Å²) in [6.45, 7) is 0. The van der Waals surface area contributed by atoms with Gasteiger partial charge in [0.2, 0.25) is 0 Å². The van der Waals surface area contributed by atoms with Crippen molar-refractivity contribution < 1.29 is 13.2 Å². The summed E-state index contributed by atoms with van der Waals surface area (Å²) in [4.78, 5) is 0. The van der Waals surface area contributed by atoms with Crippen molar-refractivity contribution in [1.29, 1.82) is 0 Å². The molecule has 0 saturated carbocycles. The van der Waals surface area contributed by atoms with E-state index in [0.717, 1.165) is 18.2 Å². The first kappa shape index (κ1) is 17.0. The van der Waals surface area contributed by atoms with E-state index in [1.54, 1.807) is 0 Å². The van der Waals surface area contributed by atoms with E-state index in [4.69, 9.17) is 34.8 Å². The molecule has 0 aliphatic heterocycles. The molecule has 0 N–H and O–H groups in total. The largest absolute Gasteiger partial charge is 0.207 e. The Labute approximate surface area is 149 Å². The third kappa shape index (κ3) is 3.07. The van der Waals surface area contributed by atoms with E-state index in [9.17, 15) is 13.2 Å². The van der Waals surface area contributed by atoms with Gasteiger partial charge in [-0.25, -0.2) is 13.2 Å². The highest BCUT2D eigenvalue weighted by Crippen LogP contribution is 2.42. The molecular formula is C16H6Cl3F3N2. The Morgan fingerprint density at radius 1 is 0.708 bits per heavy atom. The van der Waals surface area contributed by atoms with Crippen LogP contribution in [0.5, 0.6) is 0 Å². The molecule has 24 heavy (non-hydrogen) atoms. The molecule has 0 fully saturated rings. The average molecular weight is 390 g/mol. The normalized spacial score (nSPS) is 10.9. The molecule has 0 unspecified atom stereocenters. The maximum Gasteiger partial charge on any atom is 0.160 e. The van der Waals surface area contributed by atoms with Crippen LogP contribution in [0.1, 0.15) is 0 Å². The Morgan fingerprint density at radius 2 is 1.38 bits per heavy atom. The van der Waals surface area contributed by atoms with Gasteiger partial charge in [-0.3, -0.25) is 0 Å². The summed E-state index contributed by atoms with van der Waals surface area (Å²) in [5.74, 6) is -2.61. The lowest BCUT2D eigenvalue weighted by molar-refractivity contribution is 0.509. The highest BCUT2D eigenvalue weighted by Gasteiger charge is 2.21. The van der Waals surface area contributed by atoms with Gasteiger partial charge in [0.05, 0.1) is 5.02 Å². The predicted octanol–water partition coefficient (Wildman–Crippen LogP) is 6.19. The molecule has 1 heterocycles. The number of aromatic nitrogens is 2. The van der Waals surface area contributed by atoms with Crippen LogP contribution in [-0.4, -0.2) is 10.2 Å². The van der Waals surface area contributed by atoms with E-state index >= 15 is 0 Å². The quantitative estimate of drug-likeness (QED) is 0.522. The minimum absolute atomic E-state index is 0.0600. The molecule has 3 rings (SSSR count). The second kappa shape index (κ2) is 6.59. The smallest absolute Gasteiger partial charge is 0.160 e. The second-order valence-corrected chi connectivity index (χ2v) is 5.91. The summed E-state index contributed by atoms with van der Waals surface area (Å²) in [5, 5.41) is 7.31. The Morgan fingerprint density at radius 3 is 2.00 bits per heavy atom. The summed E-state index contributed by atoms with van der Waals surface area (Å²) in [5.41, 5.74) is 1.02. The van der Waals surface area contributed by atoms with Crippen LogP contribution in [0, 0.1) is 17.5 Å². The standard InChI is InChI=1S/C16H6Cl3F3N2/c17-10-6-8(20)2-3-9(10)14-13(15(18)23-24-16(14)19)7-1-4-11(21)12(22)5-7/h1-6H. The summed E-state index contributed by atoms with van der Waals surface area (Å²) >= 11 is 18.3. The van der Waals surface area contributed by atoms with Crippen molar-refractivity contribution in [3.05, 3.63) is 69.2 Å². The highest BCUT2D eigenvalue weighted by atomic mass is 35.5. The van der Waals surface area contributed by atoms with Crippen LogP contribution in [0.4, 0.5) is 13.2 Å². The lowest BCUT2D eigenvalue weighted by Crippen LogP contribution is -1.96. The van der Waals surface area contributed by atoms with Crippen LogP contribution in [0.3, 0.4) is 0 Å². The van der Waals surface area contributed by atoms with Crippen LogP contribution < -0.4 is 0 Å². The van der Waals surface area contributed by atoms with Gasteiger partial charge >= 0.3 is 0 Å². The molecular weight excluding hydrogens is 384 g/mol. The molecule has 3 aromatic rings. The third-order valence-electron chi connectivity index (χ3n) is 3.30. The third-order valence-corrected chi connectivity index (χ3v) is 4.14. The van der Waals surface area contributed by atoms with Gasteiger partial charge in [0.1, 0.15) is 5.82 Å². The summed E-state index contributed by atoms with van der Waals surface area (Å²) in [7, 11) is 0. The van der Waals surface area contributed by atoms with Gasteiger partial charge in [0, 0.05) is 16.7 Å². The predicted molar refractivity (Wildman–Crippen MR) is 87.8 cm³/mol. The molecule has 0 bridgehead atoms. The highest BCUT2D eigenvalue weighted by molar-refractivity contribution is 6.38. The number of rotatable bonds is 2. The number of hydrogen-bond donors (Lipinski definition) is 0. The summed E-state index contributed by atoms with van der Waals surface area (Å²) in [6, 6.07) is 6.89. The number of halogens is 6. The zero-order chi connectivity index (χ0) is 17.4. The molecule has 0 saturated heterocycles. The van der Waals surface area contributed by atoms with Crippen molar-refractivity contribution in [1.82, 2.24) is 10.2 Å². The fourth-order valence-corrected chi connectivity index (χ4v) is 2.98. The molecule has 122 valence electrons. The maximum absolute atomic E-state index is 13.6. The van der Waals surface area contributed by atoms with Crippen molar-refractivity contribution in [2.75, 3.05) is 0 Å². The van der Waals surface area contributed by atoms with E-state index in [0.29, 0.717) is 5.56 Å². The van der Waals surface area contributed by atoms with Crippen molar-refractivity contribution in [3.8, 4) is 22.3 Å². The minimum atomic E-state index is -1.06. The van der Waals surface area contributed by atoms with Gasteiger partial charge in [0.15, 0.2) is 21.9 Å². The van der Waals surface area contributed by atoms with Crippen molar-refractivity contribution in [2.45, 2.75) is 0 Å². The van der Waals surface area contributed by atoms with Crippen LogP contribution in [-0.2, 0) is 0 Å². The fourth-order valence-electron chi connectivity index (χ4n) is 2.25. The molecule has 0 radical (unpaired) electrons. The van der Waals surface area contributed by atoms with E-state index in [2.05, 4.69) is 10.2 Å². The lowest BCUT2D eigenvalue weighted by Gasteiger charge is -2.14. The number of hydrogen-bond acceptors (Lipinski definition) is 2. The molecule has 8 heteroatoms. The van der Waals surface area contributed by atoms with E-state index < -0.39 is 17.5 Å². The lowest BCUT2D eigenvalue weighted by atomic mass is 9.97. The van der Waals surface area contributed by atoms with Crippen LogP contribution in [0.25, 0.3) is 22.3 Å². The van der Waals surface area contributed by atoms with Gasteiger partial charge in [-0.1, -0.05) is 40.9 Å². The van der Waals surface area contributed by atoms with Gasteiger partial charge in [-0.05, 0) is 35.9 Å². The zero-order valence-corrected chi connectivity index (χ0v) is 13.9. The molecule has 2 aromatic carbocycles.